The van der Waals surface area contributed by atoms with Crippen LogP contribution in [-0.2, 0) is 9.47 Å². The third-order valence-electron chi connectivity index (χ3n) is 2.29. The Morgan fingerprint density at radius 3 is 2.47 bits per heavy atom. The normalized spacial score (nSPS) is 11.3. The molecule has 0 spiro atoms. The number of nitrogens with one attached hydrogen (secondary N) is 2. The molecule has 0 amide bonds. The van der Waals surface area contributed by atoms with E-state index < -0.39 is 0 Å². The second-order valence-electron chi connectivity index (χ2n) is 4.48. The summed E-state index contributed by atoms with van der Waals surface area (Å²) in [7, 11) is 1.69. The summed E-state index contributed by atoms with van der Waals surface area (Å²) in [6.45, 7) is 10.9. The number of hydrogen-bond donors (Lipinski definition) is 2. The minimum atomic E-state index is 0. The van der Waals surface area contributed by atoms with Crippen molar-refractivity contribution in [2.45, 2.75) is 27.2 Å². The maximum absolute atomic E-state index is 5.51. The van der Waals surface area contributed by atoms with Crippen molar-refractivity contribution in [3.63, 3.8) is 0 Å². The largest absolute Gasteiger partial charge is 0.383 e. The smallest absolute Gasteiger partial charge is 0.191 e. The molecular formula is C13H30IN3O2. The minimum Gasteiger partial charge on any atom is -0.383 e. The highest BCUT2D eigenvalue weighted by molar-refractivity contribution is 14.0. The van der Waals surface area contributed by atoms with E-state index in [0.29, 0.717) is 25.7 Å². The zero-order valence-corrected chi connectivity index (χ0v) is 15.0. The van der Waals surface area contributed by atoms with Gasteiger partial charge in [-0.3, -0.25) is 4.99 Å². The van der Waals surface area contributed by atoms with Crippen molar-refractivity contribution in [2.75, 3.05) is 46.6 Å². The van der Waals surface area contributed by atoms with Crippen molar-refractivity contribution in [3.05, 3.63) is 0 Å². The molecule has 0 bridgehead atoms. The average Bonchev–Trinajstić information content (AvgIpc) is 2.33. The molecule has 0 unspecified atom stereocenters. The maximum atomic E-state index is 5.51. The van der Waals surface area contributed by atoms with Crippen LogP contribution in [0, 0.1) is 5.92 Å². The predicted molar refractivity (Wildman–Crippen MR) is 91.5 cm³/mol. The molecule has 0 saturated heterocycles. The van der Waals surface area contributed by atoms with Gasteiger partial charge < -0.3 is 20.1 Å². The van der Waals surface area contributed by atoms with Crippen molar-refractivity contribution in [1.29, 1.82) is 0 Å². The summed E-state index contributed by atoms with van der Waals surface area (Å²) >= 11 is 0. The molecule has 0 fully saturated rings. The van der Waals surface area contributed by atoms with Crippen molar-refractivity contribution < 1.29 is 9.47 Å². The second kappa shape index (κ2) is 16.0. The van der Waals surface area contributed by atoms with Crippen LogP contribution in [0.25, 0.3) is 0 Å². The fourth-order valence-corrected chi connectivity index (χ4v) is 1.26. The zero-order valence-electron chi connectivity index (χ0n) is 12.7. The Hall–Kier alpha value is -0.0800. The third kappa shape index (κ3) is 15.9. The van der Waals surface area contributed by atoms with Gasteiger partial charge in [-0.25, -0.2) is 0 Å². The molecule has 0 radical (unpaired) electrons. The highest BCUT2D eigenvalue weighted by atomic mass is 127. The summed E-state index contributed by atoms with van der Waals surface area (Å²) in [4.78, 5) is 4.42. The quantitative estimate of drug-likeness (QED) is 0.260. The van der Waals surface area contributed by atoms with Crippen LogP contribution in [0.1, 0.15) is 27.2 Å². The minimum absolute atomic E-state index is 0. The van der Waals surface area contributed by atoms with E-state index in [1.807, 2.05) is 6.92 Å². The van der Waals surface area contributed by atoms with Crippen molar-refractivity contribution >= 4 is 29.9 Å². The van der Waals surface area contributed by atoms with Gasteiger partial charge in [0.25, 0.3) is 0 Å². The monoisotopic (exact) mass is 387 g/mol. The van der Waals surface area contributed by atoms with Gasteiger partial charge in [0.1, 0.15) is 0 Å². The summed E-state index contributed by atoms with van der Waals surface area (Å²) in [6.07, 6.45) is 1.11. The van der Waals surface area contributed by atoms with Crippen LogP contribution in [-0.4, -0.2) is 52.5 Å². The van der Waals surface area contributed by atoms with Crippen molar-refractivity contribution in [3.8, 4) is 0 Å². The molecule has 0 aliphatic carbocycles. The van der Waals surface area contributed by atoms with Gasteiger partial charge in [-0.15, -0.1) is 24.0 Å². The van der Waals surface area contributed by atoms with E-state index in [0.717, 1.165) is 32.1 Å². The molecule has 0 rings (SSSR count). The number of rotatable bonds is 10. The van der Waals surface area contributed by atoms with Gasteiger partial charge in [0.05, 0.1) is 19.8 Å². The number of methoxy groups -OCH3 is 1. The van der Waals surface area contributed by atoms with Crippen molar-refractivity contribution in [2.24, 2.45) is 10.9 Å². The molecule has 0 atom stereocenters. The lowest BCUT2D eigenvalue weighted by molar-refractivity contribution is 0.130. The molecule has 0 heterocycles. The van der Waals surface area contributed by atoms with Crippen LogP contribution in [0.4, 0.5) is 0 Å². The van der Waals surface area contributed by atoms with Gasteiger partial charge in [0, 0.05) is 26.8 Å². The summed E-state index contributed by atoms with van der Waals surface area (Å²) < 4.78 is 10.5. The van der Waals surface area contributed by atoms with Gasteiger partial charge >= 0.3 is 0 Å². The Morgan fingerprint density at radius 1 is 1.16 bits per heavy atom. The molecule has 5 nitrogen and oxygen atoms in total. The standard InChI is InChI=1S/C13H29N3O2.HI/c1-5-14-13(15-7-10-17-4)16-8-11-18-9-6-12(2)3;/h12H,5-11H2,1-4H3,(H2,14,15,16);1H. The lowest BCUT2D eigenvalue weighted by atomic mass is 10.1. The lowest BCUT2D eigenvalue weighted by Crippen LogP contribution is -2.39. The first-order valence-electron chi connectivity index (χ1n) is 6.79. The molecule has 0 aliphatic heterocycles. The molecular weight excluding hydrogens is 357 g/mol. The highest BCUT2D eigenvalue weighted by Gasteiger charge is 1.96. The van der Waals surface area contributed by atoms with Gasteiger partial charge in [0.2, 0.25) is 0 Å². The Bertz CT molecular complexity index is 214. The molecule has 19 heavy (non-hydrogen) atoms. The molecule has 116 valence electrons. The molecule has 0 aliphatic rings. The molecule has 0 aromatic carbocycles. The average molecular weight is 387 g/mol. The van der Waals surface area contributed by atoms with Gasteiger partial charge in [-0.1, -0.05) is 13.8 Å². The topological polar surface area (TPSA) is 54.9 Å². The van der Waals surface area contributed by atoms with Crippen molar-refractivity contribution in [1.82, 2.24) is 10.6 Å². The Kier molecular flexibility index (Phi) is 17.8. The fraction of sp³-hybridized carbons (Fsp3) is 0.923. The Balaban J connectivity index is 0. The van der Waals surface area contributed by atoms with Gasteiger partial charge in [0.15, 0.2) is 5.96 Å². The van der Waals surface area contributed by atoms with Crippen LogP contribution in [0.5, 0.6) is 0 Å². The van der Waals surface area contributed by atoms with E-state index in [9.17, 15) is 0 Å². The summed E-state index contributed by atoms with van der Waals surface area (Å²) in [6, 6.07) is 0. The van der Waals surface area contributed by atoms with E-state index >= 15 is 0 Å². The maximum Gasteiger partial charge on any atom is 0.191 e. The molecule has 0 aromatic heterocycles. The molecule has 2 N–H and O–H groups in total. The molecule has 6 heteroatoms. The third-order valence-corrected chi connectivity index (χ3v) is 2.29. The number of halogens is 1. The summed E-state index contributed by atoms with van der Waals surface area (Å²) in [5.74, 6) is 1.52. The van der Waals surface area contributed by atoms with E-state index in [-0.39, 0.29) is 24.0 Å². The summed E-state index contributed by atoms with van der Waals surface area (Å²) in [5, 5.41) is 6.37. The van der Waals surface area contributed by atoms with Crippen LogP contribution in [0.2, 0.25) is 0 Å². The van der Waals surface area contributed by atoms with E-state index in [1.54, 1.807) is 7.11 Å². The van der Waals surface area contributed by atoms with Crippen LogP contribution in [0.3, 0.4) is 0 Å². The SMILES string of the molecule is CCNC(=NCCOCCC(C)C)NCCOC.I. The Morgan fingerprint density at radius 2 is 1.89 bits per heavy atom. The number of nitrogens with zero attached hydrogens (tertiary/aromatic N) is 1. The van der Waals surface area contributed by atoms with Crippen LogP contribution >= 0.6 is 24.0 Å². The van der Waals surface area contributed by atoms with E-state index in [4.69, 9.17) is 9.47 Å². The number of ether oxygens (including phenoxy) is 2. The predicted octanol–water partition coefficient (Wildman–Crippen LogP) is 1.87. The lowest BCUT2D eigenvalue weighted by Gasteiger charge is -2.11. The summed E-state index contributed by atoms with van der Waals surface area (Å²) in [5.41, 5.74) is 0. The van der Waals surface area contributed by atoms with E-state index in [2.05, 4.69) is 29.5 Å². The first-order valence-corrected chi connectivity index (χ1v) is 6.79. The van der Waals surface area contributed by atoms with E-state index in [1.165, 1.54) is 0 Å². The number of aliphatic imine (C=N–C) groups is 1. The first-order chi connectivity index (χ1) is 8.70. The fourth-order valence-electron chi connectivity index (χ4n) is 1.26. The van der Waals surface area contributed by atoms with Crippen LogP contribution in [0.15, 0.2) is 4.99 Å². The van der Waals surface area contributed by atoms with Gasteiger partial charge in [-0.05, 0) is 19.3 Å². The zero-order chi connectivity index (χ0) is 13.6. The highest BCUT2D eigenvalue weighted by Crippen LogP contribution is 1.98. The van der Waals surface area contributed by atoms with Gasteiger partial charge in [-0.2, -0.15) is 0 Å². The Labute approximate surface area is 134 Å². The molecule has 0 aromatic rings. The first kappa shape index (κ1) is 21.2. The van der Waals surface area contributed by atoms with Crippen LogP contribution < -0.4 is 10.6 Å². The second-order valence-corrected chi connectivity index (χ2v) is 4.48. The number of hydrogen-bond acceptors (Lipinski definition) is 3. The number of guanidine groups is 1. The molecule has 0 saturated carbocycles.